The zero-order chi connectivity index (χ0) is 27.2. The standard InChI is InChI=1S/C36H31N3O/c37-31-22-20-27(21-23-31)24-25-40-34-19-11-10-18-32(34)33-26-38-35(39-33)36(28-12-4-1-5-13-28,29-14-6-2-7-15-29)30-16-8-3-9-17-30/h1-23,26H,24-25,37H2,(H,38,39). The van der Waals surface area contributed by atoms with Crippen molar-refractivity contribution < 1.29 is 4.74 Å². The van der Waals surface area contributed by atoms with Gasteiger partial charge in [0, 0.05) is 23.9 Å². The van der Waals surface area contributed by atoms with Crippen LogP contribution in [0.15, 0.2) is 146 Å². The highest BCUT2D eigenvalue weighted by atomic mass is 16.5. The van der Waals surface area contributed by atoms with Crippen LogP contribution in [-0.4, -0.2) is 16.6 Å². The SMILES string of the molecule is Nc1ccc(CCOc2ccccc2-c2c[nH]c(C(c3ccccc3)(c3ccccc3)c3ccccc3)n2)cc1. The van der Waals surface area contributed by atoms with Crippen molar-refractivity contribution in [3.8, 4) is 17.0 Å². The summed E-state index contributed by atoms with van der Waals surface area (Å²) < 4.78 is 6.29. The number of aromatic nitrogens is 2. The predicted octanol–water partition coefficient (Wildman–Crippen LogP) is 7.66. The van der Waals surface area contributed by atoms with Crippen LogP contribution in [0.3, 0.4) is 0 Å². The fourth-order valence-corrected chi connectivity index (χ4v) is 5.39. The number of nitrogens with two attached hydrogens (primary N) is 1. The van der Waals surface area contributed by atoms with E-state index in [1.165, 1.54) is 5.56 Å². The number of nitrogen functional groups attached to an aromatic ring is 1. The predicted molar refractivity (Wildman–Crippen MR) is 162 cm³/mol. The smallest absolute Gasteiger partial charge is 0.128 e. The van der Waals surface area contributed by atoms with Crippen molar-refractivity contribution in [3.05, 3.63) is 174 Å². The molecule has 4 heteroatoms. The summed E-state index contributed by atoms with van der Waals surface area (Å²) in [5, 5.41) is 0. The summed E-state index contributed by atoms with van der Waals surface area (Å²) in [6.45, 7) is 0.556. The highest BCUT2D eigenvalue weighted by molar-refractivity contribution is 5.68. The molecule has 1 heterocycles. The maximum Gasteiger partial charge on any atom is 0.128 e. The molecule has 0 fully saturated rings. The Labute approximate surface area is 235 Å². The van der Waals surface area contributed by atoms with E-state index < -0.39 is 5.41 Å². The second-order valence-corrected chi connectivity index (χ2v) is 9.82. The normalized spacial score (nSPS) is 11.3. The molecule has 6 aromatic rings. The molecule has 1 aromatic heterocycles. The molecule has 6 rings (SSSR count). The van der Waals surface area contributed by atoms with Gasteiger partial charge in [-0.25, -0.2) is 4.98 Å². The number of imidazole rings is 1. The summed E-state index contributed by atoms with van der Waals surface area (Å²) in [5.74, 6) is 1.66. The van der Waals surface area contributed by atoms with Crippen LogP contribution in [0.1, 0.15) is 28.1 Å². The molecule has 0 aliphatic rings. The maximum absolute atomic E-state index is 6.29. The van der Waals surface area contributed by atoms with Crippen LogP contribution in [0.5, 0.6) is 5.75 Å². The molecular weight excluding hydrogens is 490 g/mol. The van der Waals surface area contributed by atoms with Gasteiger partial charge in [0.25, 0.3) is 0 Å². The molecule has 0 saturated carbocycles. The third kappa shape index (κ3) is 4.87. The van der Waals surface area contributed by atoms with E-state index in [0.29, 0.717) is 6.61 Å². The molecule has 0 saturated heterocycles. The van der Waals surface area contributed by atoms with Gasteiger partial charge in [-0.15, -0.1) is 0 Å². The minimum Gasteiger partial charge on any atom is -0.493 e. The van der Waals surface area contributed by atoms with E-state index in [0.717, 1.165) is 51.6 Å². The number of rotatable bonds is 9. The molecule has 0 radical (unpaired) electrons. The van der Waals surface area contributed by atoms with E-state index >= 15 is 0 Å². The fraction of sp³-hybridized carbons (Fsp3) is 0.0833. The first kappa shape index (κ1) is 25.2. The van der Waals surface area contributed by atoms with Gasteiger partial charge in [0.2, 0.25) is 0 Å². The van der Waals surface area contributed by atoms with Gasteiger partial charge < -0.3 is 15.5 Å². The van der Waals surface area contributed by atoms with Gasteiger partial charge in [-0.1, -0.05) is 115 Å². The lowest BCUT2D eigenvalue weighted by Crippen LogP contribution is -2.32. The molecule has 0 bridgehead atoms. The number of anilines is 1. The van der Waals surface area contributed by atoms with E-state index in [1.807, 2.05) is 48.7 Å². The van der Waals surface area contributed by atoms with Crippen LogP contribution in [0, 0.1) is 0 Å². The average molecular weight is 522 g/mol. The molecule has 0 spiro atoms. The summed E-state index contributed by atoms with van der Waals surface area (Å²) in [4.78, 5) is 8.85. The Morgan fingerprint density at radius 3 is 1.73 bits per heavy atom. The number of nitrogens with zero attached hydrogens (tertiary/aromatic N) is 1. The van der Waals surface area contributed by atoms with Crippen LogP contribution in [0.25, 0.3) is 11.3 Å². The second-order valence-electron chi connectivity index (χ2n) is 9.82. The fourth-order valence-electron chi connectivity index (χ4n) is 5.39. The number of para-hydroxylation sites is 1. The molecule has 5 aromatic carbocycles. The van der Waals surface area contributed by atoms with Crippen molar-refractivity contribution >= 4 is 5.69 Å². The van der Waals surface area contributed by atoms with Gasteiger partial charge in [-0.05, 0) is 46.5 Å². The molecule has 3 N–H and O–H groups in total. The Kier molecular flexibility index (Phi) is 7.14. The summed E-state index contributed by atoms with van der Waals surface area (Å²) in [5.41, 5.74) is 12.4. The highest BCUT2D eigenvalue weighted by Crippen LogP contribution is 2.44. The number of hydrogen-bond donors (Lipinski definition) is 2. The van der Waals surface area contributed by atoms with Crippen LogP contribution < -0.4 is 10.5 Å². The van der Waals surface area contributed by atoms with Crippen molar-refractivity contribution in [2.24, 2.45) is 0 Å². The van der Waals surface area contributed by atoms with Crippen molar-refractivity contribution in [2.45, 2.75) is 11.8 Å². The Hall–Kier alpha value is -5.09. The first-order chi connectivity index (χ1) is 19.7. The zero-order valence-corrected chi connectivity index (χ0v) is 22.2. The zero-order valence-electron chi connectivity index (χ0n) is 22.2. The first-order valence-corrected chi connectivity index (χ1v) is 13.5. The van der Waals surface area contributed by atoms with Crippen molar-refractivity contribution in [1.82, 2.24) is 9.97 Å². The van der Waals surface area contributed by atoms with Crippen molar-refractivity contribution in [1.29, 1.82) is 0 Å². The summed E-state index contributed by atoms with van der Waals surface area (Å²) >= 11 is 0. The van der Waals surface area contributed by atoms with Gasteiger partial charge in [0.15, 0.2) is 0 Å². The number of ether oxygens (including phenoxy) is 1. The van der Waals surface area contributed by atoms with Gasteiger partial charge in [0.05, 0.1) is 12.3 Å². The van der Waals surface area contributed by atoms with Crippen LogP contribution >= 0.6 is 0 Å². The number of hydrogen-bond acceptors (Lipinski definition) is 3. The Morgan fingerprint density at radius 1 is 0.625 bits per heavy atom. The minimum absolute atomic E-state index is 0.556. The van der Waals surface area contributed by atoms with Gasteiger partial charge >= 0.3 is 0 Å². The second kappa shape index (κ2) is 11.3. The molecular formula is C36H31N3O. The third-order valence-electron chi connectivity index (χ3n) is 7.34. The summed E-state index contributed by atoms with van der Waals surface area (Å²) in [6.07, 6.45) is 2.78. The number of aromatic amines is 1. The van der Waals surface area contributed by atoms with Gasteiger partial charge in [-0.3, -0.25) is 0 Å². The number of nitrogens with one attached hydrogen (secondary N) is 1. The summed E-state index contributed by atoms with van der Waals surface area (Å²) in [7, 11) is 0. The monoisotopic (exact) mass is 521 g/mol. The average Bonchev–Trinajstić information content (AvgIpc) is 3.51. The Balaban J connectivity index is 1.41. The van der Waals surface area contributed by atoms with E-state index in [-0.39, 0.29) is 0 Å². The lowest BCUT2D eigenvalue weighted by Gasteiger charge is -2.34. The first-order valence-electron chi connectivity index (χ1n) is 13.5. The molecule has 0 aliphatic heterocycles. The van der Waals surface area contributed by atoms with E-state index in [1.54, 1.807) is 0 Å². The van der Waals surface area contributed by atoms with Crippen LogP contribution in [0.4, 0.5) is 5.69 Å². The van der Waals surface area contributed by atoms with E-state index in [4.69, 9.17) is 15.5 Å². The largest absolute Gasteiger partial charge is 0.493 e. The molecule has 40 heavy (non-hydrogen) atoms. The molecule has 4 nitrogen and oxygen atoms in total. The molecule has 0 amide bonds. The lowest BCUT2D eigenvalue weighted by atomic mass is 9.69. The molecule has 0 unspecified atom stereocenters. The maximum atomic E-state index is 6.29. The molecule has 196 valence electrons. The van der Waals surface area contributed by atoms with Crippen LogP contribution in [-0.2, 0) is 11.8 Å². The minimum atomic E-state index is -0.632. The summed E-state index contributed by atoms with van der Waals surface area (Å²) in [6, 6.07) is 47.8. The van der Waals surface area contributed by atoms with Crippen LogP contribution in [0.2, 0.25) is 0 Å². The quantitative estimate of drug-likeness (QED) is 0.152. The number of H-pyrrole nitrogens is 1. The number of benzene rings is 5. The van der Waals surface area contributed by atoms with Crippen molar-refractivity contribution in [2.75, 3.05) is 12.3 Å². The van der Waals surface area contributed by atoms with E-state index in [9.17, 15) is 0 Å². The third-order valence-corrected chi connectivity index (χ3v) is 7.34. The lowest BCUT2D eigenvalue weighted by molar-refractivity contribution is 0.323. The Morgan fingerprint density at radius 2 is 1.15 bits per heavy atom. The topological polar surface area (TPSA) is 63.9 Å². The van der Waals surface area contributed by atoms with Gasteiger partial charge in [-0.2, -0.15) is 0 Å². The van der Waals surface area contributed by atoms with E-state index in [2.05, 4.69) is 102 Å². The highest BCUT2D eigenvalue weighted by Gasteiger charge is 2.41. The van der Waals surface area contributed by atoms with Gasteiger partial charge in [0.1, 0.15) is 17.0 Å². The molecule has 0 aliphatic carbocycles. The Bertz CT molecular complexity index is 1560. The van der Waals surface area contributed by atoms with Crippen molar-refractivity contribution in [3.63, 3.8) is 0 Å². The molecule has 0 atom stereocenters.